The molecule has 0 saturated heterocycles. The molecular weight excluding hydrogens is 242 g/mol. The van der Waals surface area contributed by atoms with E-state index in [1.54, 1.807) is 0 Å². The second-order valence-corrected chi connectivity index (χ2v) is 6.08. The van der Waals surface area contributed by atoms with Crippen molar-refractivity contribution in [3.63, 3.8) is 0 Å². The highest BCUT2D eigenvalue weighted by atomic mass is 79.9. The van der Waals surface area contributed by atoms with Gasteiger partial charge in [-0.2, -0.15) is 0 Å². The summed E-state index contributed by atoms with van der Waals surface area (Å²) in [6.45, 7) is 4.98. The highest BCUT2D eigenvalue weighted by molar-refractivity contribution is 9.10. The molecule has 1 N–H and O–H groups in total. The quantitative estimate of drug-likeness (QED) is 0.778. The van der Waals surface area contributed by atoms with Crippen molar-refractivity contribution < 1.29 is 4.79 Å². The Labute approximate surface area is 95.0 Å². The number of amides is 1. The van der Waals surface area contributed by atoms with Gasteiger partial charge in [-0.05, 0) is 25.2 Å². The molecule has 1 unspecified atom stereocenters. The third-order valence-corrected chi connectivity index (χ3v) is 3.53. The van der Waals surface area contributed by atoms with E-state index in [0.717, 1.165) is 6.54 Å². The first kappa shape index (κ1) is 12.0. The zero-order valence-corrected chi connectivity index (χ0v) is 10.7. The van der Waals surface area contributed by atoms with Crippen LogP contribution in [0.1, 0.15) is 46.0 Å². The van der Waals surface area contributed by atoms with Crippen LogP contribution in [0.2, 0.25) is 0 Å². The van der Waals surface area contributed by atoms with Crippen LogP contribution in [0.5, 0.6) is 0 Å². The van der Waals surface area contributed by atoms with E-state index in [0.29, 0.717) is 5.41 Å². The summed E-state index contributed by atoms with van der Waals surface area (Å²) in [6.07, 6.45) is 6.50. The summed E-state index contributed by atoms with van der Waals surface area (Å²) in [5.74, 6) is 0.108. The lowest BCUT2D eigenvalue weighted by Gasteiger charge is -2.33. The monoisotopic (exact) mass is 261 g/mol. The molecule has 1 rings (SSSR count). The van der Waals surface area contributed by atoms with E-state index in [4.69, 9.17) is 0 Å². The zero-order valence-electron chi connectivity index (χ0n) is 9.11. The fourth-order valence-corrected chi connectivity index (χ4v) is 2.19. The summed E-state index contributed by atoms with van der Waals surface area (Å²) in [5, 5.41) is 3.01. The Morgan fingerprint density at radius 1 is 1.43 bits per heavy atom. The van der Waals surface area contributed by atoms with Crippen LogP contribution in [0.4, 0.5) is 0 Å². The van der Waals surface area contributed by atoms with Crippen molar-refractivity contribution in [3.8, 4) is 0 Å². The maximum absolute atomic E-state index is 11.4. The van der Waals surface area contributed by atoms with Gasteiger partial charge >= 0.3 is 0 Å². The molecule has 0 heterocycles. The number of carbonyl (C=O) groups is 1. The van der Waals surface area contributed by atoms with Crippen LogP contribution < -0.4 is 5.32 Å². The molecule has 0 aromatic carbocycles. The number of hydrogen-bond donors (Lipinski definition) is 1. The third kappa shape index (κ3) is 3.60. The van der Waals surface area contributed by atoms with Crippen molar-refractivity contribution >= 4 is 21.8 Å². The van der Waals surface area contributed by atoms with Crippen molar-refractivity contribution in [2.24, 2.45) is 5.41 Å². The van der Waals surface area contributed by atoms with E-state index in [1.807, 2.05) is 6.92 Å². The van der Waals surface area contributed by atoms with Gasteiger partial charge in [0.25, 0.3) is 0 Å². The molecule has 0 radical (unpaired) electrons. The van der Waals surface area contributed by atoms with Crippen LogP contribution in [0.15, 0.2) is 0 Å². The number of halogens is 1. The van der Waals surface area contributed by atoms with Crippen LogP contribution >= 0.6 is 15.9 Å². The molecule has 0 spiro atoms. The maximum atomic E-state index is 11.4. The minimum Gasteiger partial charge on any atom is -0.355 e. The molecular formula is C11H20BrNO. The second kappa shape index (κ2) is 5.15. The number of nitrogens with one attached hydrogen (secondary N) is 1. The van der Waals surface area contributed by atoms with Gasteiger partial charge in [0.2, 0.25) is 5.91 Å². The lowest BCUT2D eigenvalue weighted by atomic mass is 9.76. The van der Waals surface area contributed by atoms with Crippen molar-refractivity contribution in [1.82, 2.24) is 5.32 Å². The van der Waals surface area contributed by atoms with Crippen LogP contribution in [0, 0.1) is 5.41 Å². The van der Waals surface area contributed by atoms with Crippen LogP contribution in [-0.2, 0) is 4.79 Å². The molecule has 2 nitrogen and oxygen atoms in total. The van der Waals surface area contributed by atoms with Gasteiger partial charge in [-0.25, -0.2) is 0 Å². The molecule has 3 heteroatoms. The molecule has 0 bridgehead atoms. The predicted molar refractivity (Wildman–Crippen MR) is 62.6 cm³/mol. The van der Waals surface area contributed by atoms with E-state index in [9.17, 15) is 4.79 Å². The summed E-state index contributed by atoms with van der Waals surface area (Å²) in [6, 6.07) is 0. The van der Waals surface area contributed by atoms with E-state index in [2.05, 4.69) is 28.2 Å². The van der Waals surface area contributed by atoms with E-state index < -0.39 is 0 Å². The first-order chi connectivity index (χ1) is 6.53. The lowest BCUT2D eigenvalue weighted by Crippen LogP contribution is -2.39. The Kier molecular flexibility index (Phi) is 4.42. The normalized spacial score (nSPS) is 22.8. The van der Waals surface area contributed by atoms with E-state index >= 15 is 0 Å². The average molecular weight is 262 g/mol. The first-order valence-corrected chi connectivity index (χ1v) is 6.37. The fourth-order valence-electron chi connectivity index (χ4n) is 2.02. The van der Waals surface area contributed by atoms with Crippen molar-refractivity contribution in [2.45, 2.75) is 50.8 Å². The van der Waals surface area contributed by atoms with E-state index in [-0.39, 0.29) is 10.7 Å². The first-order valence-electron chi connectivity index (χ1n) is 5.45. The summed E-state index contributed by atoms with van der Waals surface area (Å²) < 4.78 is 0. The minimum absolute atomic E-state index is 0.0744. The van der Waals surface area contributed by atoms with Gasteiger partial charge in [0.15, 0.2) is 0 Å². The molecule has 1 aliphatic carbocycles. The molecule has 1 atom stereocenters. The minimum atomic E-state index is -0.0744. The fraction of sp³-hybridized carbons (Fsp3) is 0.909. The zero-order chi connectivity index (χ0) is 10.6. The number of hydrogen-bond acceptors (Lipinski definition) is 1. The van der Waals surface area contributed by atoms with Crippen LogP contribution in [0.3, 0.4) is 0 Å². The van der Waals surface area contributed by atoms with Gasteiger partial charge in [-0.1, -0.05) is 42.1 Å². The van der Waals surface area contributed by atoms with Gasteiger partial charge in [0.1, 0.15) is 0 Å². The highest BCUT2D eigenvalue weighted by Gasteiger charge is 2.27. The Balaban J connectivity index is 2.32. The highest BCUT2D eigenvalue weighted by Crippen LogP contribution is 2.34. The molecule has 1 aliphatic rings. The topological polar surface area (TPSA) is 29.1 Å². The predicted octanol–water partition coefficient (Wildman–Crippen LogP) is 2.86. The van der Waals surface area contributed by atoms with Crippen molar-refractivity contribution in [1.29, 1.82) is 0 Å². The molecule has 1 amide bonds. The smallest absolute Gasteiger partial charge is 0.233 e. The van der Waals surface area contributed by atoms with Gasteiger partial charge in [0.05, 0.1) is 4.83 Å². The van der Waals surface area contributed by atoms with E-state index in [1.165, 1.54) is 32.1 Å². The van der Waals surface area contributed by atoms with Gasteiger partial charge < -0.3 is 5.32 Å². The third-order valence-electron chi connectivity index (χ3n) is 3.11. The molecule has 0 aromatic rings. The number of carbonyl (C=O) groups excluding carboxylic acids is 1. The lowest BCUT2D eigenvalue weighted by molar-refractivity contribution is -0.120. The Hall–Kier alpha value is -0.0500. The van der Waals surface area contributed by atoms with Crippen molar-refractivity contribution in [3.05, 3.63) is 0 Å². The average Bonchev–Trinajstić information content (AvgIpc) is 2.15. The molecule has 0 aromatic heterocycles. The maximum Gasteiger partial charge on any atom is 0.233 e. The summed E-state index contributed by atoms with van der Waals surface area (Å²) in [5.41, 5.74) is 0.343. The van der Waals surface area contributed by atoms with Gasteiger partial charge in [-0.3, -0.25) is 4.79 Å². The van der Waals surface area contributed by atoms with Crippen LogP contribution in [-0.4, -0.2) is 17.3 Å². The van der Waals surface area contributed by atoms with Crippen LogP contribution in [0.25, 0.3) is 0 Å². The molecule has 82 valence electrons. The Morgan fingerprint density at radius 3 is 2.50 bits per heavy atom. The second-order valence-electron chi connectivity index (χ2n) is 4.71. The number of rotatable bonds is 3. The number of alkyl halides is 1. The SMILES string of the molecule is CC(Br)C(=O)NCC1(C)CCCCC1. The Bertz CT molecular complexity index is 197. The molecule has 1 saturated carbocycles. The molecule has 0 aliphatic heterocycles. The summed E-state index contributed by atoms with van der Waals surface area (Å²) >= 11 is 3.27. The van der Waals surface area contributed by atoms with Gasteiger partial charge in [-0.15, -0.1) is 0 Å². The van der Waals surface area contributed by atoms with Crippen molar-refractivity contribution in [2.75, 3.05) is 6.54 Å². The largest absolute Gasteiger partial charge is 0.355 e. The summed E-state index contributed by atoms with van der Waals surface area (Å²) in [4.78, 5) is 11.3. The van der Waals surface area contributed by atoms with Gasteiger partial charge in [0, 0.05) is 6.54 Å². The Morgan fingerprint density at radius 2 is 2.00 bits per heavy atom. The molecule has 1 fully saturated rings. The molecule has 14 heavy (non-hydrogen) atoms. The standard InChI is InChI=1S/C11H20BrNO/c1-9(12)10(14)13-8-11(2)6-4-3-5-7-11/h9H,3-8H2,1-2H3,(H,13,14). The summed E-state index contributed by atoms with van der Waals surface area (Å²) in [7, 11) is 0.